The number of hydrogen-bond acceptors (Lipinski definition) is 7. The standard InChI is InChI=1S/C18H26N2O6/c1-19(12-18(21)22)10-15-11-20(6-8-24-15)5-2-7-23-14-3-4-16-17(9-14)26-13-25-16/h3-4,9,15H,2,5-8,10-13H2,1H3,(H,21,22). The first-order valence-corrected chi connectivity index (χ1v) is 8.87. The van der Waals surface area contributed by atoms with Crippen molar-refractivity contribution in [2.45, 2.75) is 12.5 Å². The molecule has 8 heteroatoms. The van der Waals surface area contributed by atoms with E-state index in [0.29, 0.717) is 19.8 Å². The Balaban J connectivity index is 1.34. The van der Waals surface area contributed by atoms with E-state index in [1.54, 1.807) is 11.9 Å². The minimum absolute atomic E-state index is 0.0310. The number of hydrogen-bond donors (Lipinski definition) is 1. The molecule has 26 heavy (non-hydrogen) atoms. The van der Waals surface area contributed by atoms with Crippen molar-refractivity contribution >= 4 is 5.97 Å². The Hall–Kier alpha value is -2.03. The summed E-state index contributed by atoms with van der Waals surface area (Å²) in [5, 5.41) is 8.83. The summed E-state index contributed by atoms with van der Waals surface area (Å²) >= 11 is 0. The first-order valence-electron chi connectivity index (χ1n) is 8.87. The van der Waals surface area contributed by atoms with Gasteiger partial charge in [0, 0.05) is 32.2 Å². The summed E-state index contributed by atoms with van der Waals surface area (Å²) in [4.78, 5) is 14.9. The van der Waals surface area contributed by atoms with Crippen LogP contribution in [0.2, 0.25) is 0 Å². The van der Waals surface area contributed by atoms with Gasteiger partial charge in [-0.15, -0.1) is 0 Å². The van der Waals surface area contributed by atoms with Gasteiger partial charge >= 0.3 is 5.97 Å². The monoisotopic (exact) mass is 366 g/mol. The molecular weight excluding hydrogens is 340 g/mol. The lowest BCUT2D eigenvalue weighted by Gasteiger charge is -2.34. The summed E-state index contributed by atoms with van der Waals surface area (Å²) < 4.78 is 22.2. The minimum Gasteiger partial charge on any atom is -0.493 e. The van der Waals surface area contributed by atoms with Crippen LogP contribution < -0.4 is 14.2 Å². The predicted octanol–water partition coefficient (Wildman–Crippen LogP) is 0.901. The summed E-state index contributed by atoms with van der Waals surface area (Å²) in [6.45, 7) is 4.84. The van der Waals surface area contributed by atoms with Gasteiger partial charge in [0.05, 0.1) is 25.9 Å². The number of aliphatic carboxylic acids is 1. The van der Waals surface area contributed by atoms with E-state index < -0.39 is 5.97 Å². The van der Waals surface area contributed by atoms with Gasteiger partial charge in [-0.3, -0.25) is 14.6 Å². The molecule has 1 unspecified atom stereocenters. The molecule has 0 spiro atoms. The van der Waals surface area contributed by atoms with E-state index in [9.17, 15) is 4.79 Å². The van der Waals surface area contributed by atoms with Crippen LogP contribution in [0.25, 0.3) is 0 Å². The Labute approximate surface area is 153 Å². The zero-order valence-corrected chi connectivity index (χ0v) is 15.1. The number of nitrogens with zero attached hydrogens (tertiary/aromatic N) is 2. The number of carboxylic acid groups (broad SMARTS) is 1. The number of morpholine rings is 1. The second-order valence-corrected chi connectivity index (χ2v) is 6.60. The van der Waals surface area contributed by atoms with Crippen molar-refractivity contribution in [1.29, 1.82) is 0 Å². The van der Waals surface area contributed by atoms with Gasteiger partial charge in [-0.1, -0.05) is 0 Å². The van der Waals surface area contributed by atoms with E-state index in [0.717, 1.165) is 43.3 Å². The van der Waals surface area contributed by atoms with Crippen molar-refractivity contribution in [2.75, 3.05) is 59.8 Å². The smallest absolute Gasteiger partial charge is 0.317 e. The molecule has 0 bridgehead atoms. The molecule has 1 atom stereocenters. The van der Waals surface area contributed by atoms with Crippen LogP contribution in [-0.4, -0.2) is 86.8 Å². The molecule has 0 aromatic heterocycles. The van der Waals surface area contributed by atoms with Gasteiger partial charge in [0.15, 0.2) is 11.5 Å². The first kappa shape index (κ1) is 18.8. The van der Waals surface area contributed by atoms with Gasteiger partial charge in [-0.2, -0.15) is 0 Å². The average Bonchev–Trinajstić information content (AvgIpc) is 3.06. The van der Waals surface area contributed by atoms with Gasteiger partial charge in [0.25, 0.3) is 0 Å². The number of likely N-dealkylation sites (N-methyl/N-ethyl adjacent to an activating group) is 1. The summed E-state index contributed by atoms with van der Waals surface area (Å²) in [6, 6.07) is 5.60. The summed E-state index contributed by atoms with van der Waals surface area (Å²) in [6.07, 6.45) is 0.953. The number of carbonyl (C=O) groups is 1. The Morgan fingerprint density at radius 3 is 3.08 bits per heavy atom. The maximum atomic E-state index is 10.7. The second kappa shape index (κ2) is 9.07. The summed E-state index contributed by atoms with van der Waals surface area (Å²) in [7, 11) is 1.80. The van der Waals surface area contributed by atoms with Crippen LogP contribution in [0.3, 0.4) is 0 Å². The summed E-state index contributed by atoms with van der Waals surface area (Å²) in [5.74, 6) is 1.44. The highest BCUT2D eigenvalue weighted by Crippen LogP contribution is 2.35. The highest BCUT2D eigenvalue weighted by molar-refractivity contribution is 5.69. The van der Waals surface area contributed by atoms with Crippen LogP contribution in [0.15, 0.2) is 18.2 Å². The van der Waals surface area contributed by atoms with Crippen molar-refractivity contribution in [3.63, 3.8) is 0 Å². The van der Waals surface area contributed by atoms with Crippen LogP contribution in [0.1, 0.15) is 6.42 Å². The van der Waals surface area contributed by atoms with E-state index in [1.807, 2.05) is 18.2 Å². The lowest BCUT2D eigenvalue weighted by Crippen LogP contribution is -2.47. The molecule has 2 aliphatic rings. The Morgan fingerprint density at radius 2 is 2.23 bits per heavy atom. The predicted molar refractivity (Wildman–Crippen MR) is 94.0 cm³/mol. The maximum absolute atomic E-state index is 10.7. The van der Waals surface area contributed by atoms with Crippen LogP contribution in [0.4, 0.5) is 0 Å². The molecule has 0 radical (unpaired) electrons. The van der Waals surface area contributed by atoms with E-state index in [-0.39, 0.29) is 19.4 Å². The third-order valence-corrected chi connectivity index (χ3v) is 4.37. The molecule has 1 saturated heterocycles. The van der Waals surface area contributed by atoms with E-state index in [2.05, 4.69) is 4.90 Å². The van der Waals surface area contributed by atoms with Crippen LogP contribution >= 0.6 is 0 Å². The fraction of sp³-hybridized carbons (Fsp3) is 0.611. The normalized spacial score (nSPS) is 19.7. The minimum atomic E-state index is -0.819. The Morgan fingerprint density at radius 1 is 1.38 bits per heavy atom. The lowest BCUT2D eigenvalue weighted by molar-refractivity contribution is -0.138. The third-order valence-electron chi connectivity index (χ3n) is 4.37. The van der Waals surface area contributed by atoms with Crippen molar-refractivity contribution < 1.29 is 28.8 Å². The SMILES string of the molecule is CN(CC(=O)O)CC1CN(CCCOc2ccc3c(c2)OCO3)CCO1. The fourth-order valence-electron chi connectivity index (χ4n) is 3.18. The molecule has 0 saturated carbocycles. The molecule has 0 aliphatic carbocycles. The molecular formula is C18H26N2O6. The molecule has 1 aromatic rings. The highest BCUT2D eigenvalue weighted by Gasteiger charge is 2.22. The topological polar surface area (TPSA) is 80.7 Å². The van der Waals surface area contributed by atoms with Crippen molar-refractivity contribution in [3.05, 3.63) is 18.2 Å². The van der Waals surface area contributed by atoms with Gasteiger partial charge < -0.3 is 24.1 Å². The summed E-state index contributed by atoms with van der Waals surface area (Å²) in [5.41, 5.74) is 0. The average molecular weight is 366 g/mol. The van der Waals surface area contributed by atoms with Gasteiger partial charge in [-0.25, -0.2) is 0 Å². The zero-order valence-electron chi connectivity index (χ0n) is 15.1. The molecule has 0 amide bonds. The number of ether oxygens (including phenoxy) is 4. The van der Waals surface area contributed by atoms with E-state index >= 15 is 0 Å². The molecule has 1 aromatic carbocycles. The Bertz CT molecular complexity index is 611. The lowest BCUT2D eigenvalue weighted by atomic mass is 10.2. The van der Waals surface area contributed by atoms with Gasteiger partial charge in [0.1, 0.15) is 5.75 Å². The van der Waals surface area contributed by atoms with Crippen LogP contribution in [0.5, 0.6) is 17.2 Å². The number of benzene rings is 1. The zero-order chi connectivity index (χ0) is 18.4. The second-order valence-electron chi connectivity index (χ2n) is 6.60. The fourth-order valence-corrected chi connectivity index (χ4v) is 3.18. The number of rotatable bonds is 9. The van der Waals surface area contributed by atoms with E-state index in [4.69, 9.17) is 24.1 Å². The Kier molecular flexibility index (Phi) is 6.54. The highest BCUT2D eigenvalue weighted by atomic mass is 16.7. The number of fused-ring (bicyclic) bond motifs is 1. The maximum Gasteiger partial charge on any atom is 0.317 e. The van der Waals surface area contributed by atoms with Gasteiger partial charge in [0.2, 0.25) is 6.79 Å². The quantitative estimate of drug-likeness (QED) is 0.646. The molecule has 8 nitrogen and oxygen atoms in total. The third kappa shape index (κ3) is 5.48. The van der Waals surface area contributed by atoms with E-state index in [1.165, 1.54) is 0 Å². The van der Waals surface area contributed by atoms with Gasteiger partial charge in [-0.05, 0) is 25.6 Å². The van der Waals surface area contributed by atoms with Crippen molar-refractivity contribution in [1.82, 2.24) is 9.80 Å². The first-order chi connectivity index (χ1) is 12.6. The molecule has 1 N–H and O–H groups in total. The number of carboxylic acids is 1. The molecule has 1 fully saturated rings. The van der Waals surface area contributed by atoms with Crippen LogP contribution in [0, 0.1) is 0 Å². The molecule has 2 heterocycles. The van der Waals surface area contributed by atoms with Crippen molar-refractivity contribution in [2.24, 2.45) is 0 Å². The molecule has 2 aliphatic heterocycles. The van der Waals surface area contributed by atoms with Crippen LogP contribution in [-0.2, 0) is 9.53 Å². The molecule has 3 rings (SSSR count). The largest absolute Gasteiger partial charge is 0.493 e. The molecule has 144 valence electrons. The van der Waals surface area contributed by atoms with Crippen molar-refractivity contribution in [3.8, 4) is 17.2 Å².